The highest BCUT2D eigenvalue weighted by atomic mass is 127. The third-order valence-corrected chi connectivity index (χ3v) is 4.87. The minimum Gasteiger partial charge on any atom is -0.371 e. The fourth-order valence-corrected chi connectivity index (χ4v) is 3.26. The zero-order valence-electron chi connectivity index (χ0n) is 8.23. The molecule has 2 rings (SSSR count). The molecule has 76 valence electrons. The maximum absolute atomic E-state index is 6.26. The van der Waals surface area contributed by atoms with Gasteiger partial charge in [-0.1, -0.05) is 41.9 Å². The minimum absolute atomic E-state index is 0.282. The number of rotatable bonds is 3. The molecule has 1 nitrogen and oxygen atoms in total. The van der Waals surface area contributed by atoms with Crippen LogP contribution in [-0.4, -0.2) is 16.1 Å². The van der Waals surface area contributed by atoms with Crippen LogP contribution in [0.1, 0.15) is 51.4 Å². The summed E-state index contributed by atoms with van der Waals surface area (Å²) in [6, 6.07) is 0. The molecule has 0 aromatic heterocycles. The number of hydrogen-bond donors (Lipinski definition) is 0. The van der Waals surface area contributed by atoms with E-state index in [0.29, 0.717) is 6.10 Å². The monoisotopic (exact) mass is 294 g/mol. The largest absolute Gasteiger partial charge is 0.371 e. The first-order valence-corrected chi connectivity index (χ1v) is 7.11. The van der Waals surface area contributed by atoms with Crippen molar-refractivity contribution in [2.75, 3.05) is 4.43 Å². The zero-order valence-corrected chi connectivity index (χ0v) is 10.4. The van der Waals surface area contributed by atoms with Crippen LogP contribution in [-0.2, 0) is 4.74 Å². The van der Waals surface area contributed by atoms with Crippen molar-refractivity contribution in [3.8, 4) is 0 Å². The lowest BCUT2D eigenvalue weighted by Gasteiger charge is -2.41. The summed E-state index contributed by atoms with van der Waals surface area (Å²) in [6.07, 6.45) is 11.5. The van der Waals surface area contributed by atoms with Crippen molar-refractivity contribution in [2.45, 2.75) is 63.1 Å². The molecule has 13 heavy (non-hydrogen) atoms. The van der Waals surface area contributed by atoms with E-state index < -0.39 is 0 Å². The lowest BCUT2D eigenvalue weighted by Crippen LogP contribution is -2.42. The minimum atomic E-state index is 0.282. The summed E-state index contributed by atoms with van der Waals surface area (Å²) in [5.41, 5.74) is 0.282. The van der Waals surface area contributed by atoms with Crippen LogP contribution in [0.3, 0.4) is 0 Å². The molecule has 2 fully saturated rings. The molecule has 0 radical (unpaired) electrons. The molecule has 0 aromatic rings. The Bertz CT molecular complexity index is 159. The molecule has 0 bridgehead atoms. The van der Waals surface area contributed by atoms with Crippen LogP contribution in [0.5, 0.6) is 0 Å². The molecule has 0 N–H and O–H groups in total. The third-order valence-electron chi connectivity index (χ3n) is 3.48. The van der Waals surface area contributed by atoms with Gasteiger partial charge in [0.05, 0.1) is 11.7 Å². The van der Waals surface area contributed by atoms with E-state index in [-0.39, 0.29) is 5.60 Å². The van der Waals surface area contributed by atoms with E-state index >= 15 is 0 Å². The standard InChI is InChI=1S/C11H19IO/c12-9-11(7-2-1-3-8-11)13-10-5-4-6-10/h10H,1-9H2. The predicted octanol–water partition coefficient (Wildman–Crippen LogP) is 3.69. The Morgan fingerprint density at radius 3 is 2.23 bits per heavy atom. The summed E-state index contributed by atoms with van der Waals surface area (Å²) in [4.78, 5) is 0. The molecule has 0 aromatic carbocycles. The van der Waals surface area contributed by atoms with Gasteiger partial charge in [-0.05, 0) is 32.1 Å². The van der Waals surface area contributed by atoms with Crippen molar-refractivity contribution < 1.29 is 4.74 Å². The van der Waals surface area contributed by atoms with Crippen LogP contribution >= 0.6 is 22.6 Å². The van der Waals surface area contributed by atoms with Crippen molar-refractivity contribution in [3.63, 3.8) is 0 Å². The van der Waals surface area contributed by atoms with Crippen LogP contribution in [0, 0.1) is 0 Å². The van der Waals surface area contributed by atoms with Gasteiger partial charge >= 0.3 is 0 Å². The van der Waals surface area contributed by atoms with E-state index in [0.717, 1.165) is 0 Å². The fraction of sp³-hybridized carbons (Fsp3) is 1.00. The fourth-order valence-electron chi connectivity index (χ4n) is 2.32. The molecule has 2 saturated carbocycles. The summed E-state index contributed by atoms with van der Waals surface area (Å²) >= 11 is 2.51. The first-order valence-electron chi connectivity index (χ1n) is 5.58. The molecule has 0 heterocycles. The molecular formula is C11H19IO. The van der Waals surface area contributed by atoms with Gasteiger partial charge in [0.15, 0.2) is 0 Å². The Kier molecular flexibility index (Phi) is 3.52. The van der Waals surface area contributed by atoms with Gasteiger partial charge in [0.25, 0.3) is 0 Å². The van der Waals surface area contributed by atoms with Crippen LogP contribution in [0.2, 0.25) is 0 Å². The number of alkyl halides is 1. The SMILES string of the molecule is ICC1(OC2CCC2)CCCCC1. The lowest BCUT2D eigenvalue weighted by atomic mass is 9.85. The molecule has 2 heteroatoms. The Morgan fingerprint density at radius 1 is 1.08 bits per heavy atom. The highest BCUT2D eigenvalue weighted by Crippen LogP contribution is 2.37. The van der Waals surface area contributed by atoms with E-state index in [4.69, 9.17) is 4.74 Å². The van der Waals surface area contributed by atoms with Crippen molar-refractivity contribution in [2.24, 2.45) is 0 Å². The van der Waals surface area contributed by atoms with Crippen molar-refractivity contribution in [3.05, 3.63) is 0 Å². The highest BCUT2D eigenvalue weighted by molar-refractivity contribution is 14.1. The number of ether oxygens (including phenoxy) is 1. The van der Waals surface area contributed by atoms with Gasteiger partial charge in [-0.2, -0.15) is 0 Å². The molecule has 0 saturated heterocycles. The lowest BCUT2D eigenvalue weighted by molar-refractivity contribution is -0.123. The normalized spacial score (nSPS) is 28.4. The van der Waals surface area contributed by atoms with E-state index in [1.807, 2.05) is 0 Å². The van der Waals surface area contributed by atoms with Crippen LogP contribution in [0.15, 0.2) is 0 Å². The second-order valence-electron chi connectivity index (χ2n) is 4.55. The van der Waals surface area contributed by atoms with E-state index in [1.54, 1.807) is 0 Å². The molecule has 0 spiro atoms. The molecule has 0 aliphatic heterocycles. The average Bonchev–Trinajstić information content (AvgIpc) is 2.13. The topological polar surface area (TPSA) is 9.23 Å². The maximum atomic E-state index is 6.26. The smallest absolute Gasteiger partial charge is 0.0775 e. The molecule has 0 amide bonds. The first-order chi connectivity index (χ1) is 6.35. The van der Waals surface area contributed by atoms with Gasteiger partial charge in [0, 0.05) is 4.43 Å². The van der Waals surface area contributed by atoms with Crippen molar-refractivity contribution in [1.82, 2.24) is 0 Å². The molecule has 2 aliphatic rings. The predicted molar refractivity (Wildman–Crippen MR) is 63.4 cm³/mol. The zero-order chi connectivity index (χ0) is 9.15. The van der Waals surface area contributed by atoms with Gasteiger partial charge in [-0.25, -0.2) is 0 Å². The van der Waals surface area contributed by atoms with Crippen LogP contribution < -0.4 is 0 Å². The van der Waals surface area contributed by atoms with Crippen molar-refractivity contribution in [1.29, 1.82) is 0 Å². The molecule has 0 unspecified atom stereocenters. The Hall–Kier alpha value is 0.690. The summed E-state index contributed by atoms with van der Waals surface area (Å²) < 4.78 is 7.45. The van der Waals surface area contributed by atoms with E-state index in [2.05, 4.69) is 22.6 Å². The van der Waals surface area contributed by atoms with Crippen LogP contribution in [0.4, 0.5) is 0 Å². The summed E-state index contributed by atoms with van der Waals surface area (Å²) in [7, 11) is 0. The Morgan fingerprint density at radius 2 is 1.77 bits per heavy atom. The summed E-state index contributed by atoms with van der Waals surface area (Å²) in [5, 5.41) is 0. The quantitative estimate of drug-likeness (QED) is 0.570. The number of hydrogen-bond acceptors (Lipinski definition) is 1. The summed E-state index contributed by atoms with van der Waals surface area (Å²) in [6.45, 7) is 0. The molecule has 0 atom stereocenters. The first kappa shape index (κ1) is 10.2. The number of halogens is 1. The van der Waals surface area contributed by atoms with Crippen molar-refractivity contribution >= 4 is 22.6 Å². The molecular weight excluding hydrogens is 275 g/mol. The van der Waals surface area contributed by atoms with E-state index in [1.165, 1.54) is 55.8 Å². The Balaban J connectivity index is 1.88. The average molecular weight is 294 g/mol. The van der Waals surface area contributed by atoms with E-state index in [9.17, 15) is 0 Å². The second-order valence-corrected chi connectivity index (χ2v) is 5.31. The van der Waals surface area contributed by atoms with Gasteiger partial charge in [0.2, 0.25) is 0 Å². The maximum Gasteiger partial charge on any atom is 0.0775 e. The van der Waals surface area contributed by atoms with Gasteiger partial charge in [-0.15, -0.1) is 0 Å². The molecule has 2 aliphatic carbocycles. The van der Waals surface area contributed by atoms with Crippen LogP contribution in [0.25, 0.3) is 0 Å². The van der Waals surface area contributed by atoms with Gasteiger partial charge < -0.3 is 4.74 Å². The van der Waals surface area contributed by atoms with Gasteiger partial charge in [-0.3, -0.25) is 0 Å². The highest BCUT2D eigenvalue weighted by Gasteiger charge is 2.35. The van der Waals surface area contributed by atoms with Gasteiger partial charge in [0.1, 0.15) is 0 Å². The second kappa shape index (κ2) is 4.47. The Labute approximate surface area is 94.8 Å². The summed E-state index contributed by atoms with van der Waals surface area (Å²) in [5.74, 6) is 0. The third kappa shape index (κ3) is 2.38.